The van der Waals surface area contributed by atoms with Gasteiger partial charge in [0.1, 0.15) is 11.5 Å². The van der Waals surface area contributed by atoms with Gasteiger partial charge in [0.2, 0.25) is 0 Å². The van der Waals surface area contributed by atoms with Crippen molar-refractivity contribution in [2.45, 2.75) is 45.9 Å². The fourth-order valence-electron chi connectivity index (χ4n) is 3.05. The third kappa shape index (κ3) is 4.16. The van der Waals surface area contributed by atoms with Gasteiger partial charge in [-0.15, -0.1) is 0 Å². The number of aliphatic imine (C=N–C) groups is 1. The summed E-state index contributed by atoms with van der Waals surface area (Å²) in [6, 6.07) is -0.208. The number of methoxy groups -OCH3 is 1. The number of hydrogen-bond acceptors (Lipinski definition) is 7. The number of aromatic nitrogens is 1. The van der Waals surface area contributed by atoms with Crippen molar-refractivity contribution >= 4 is 21.9 Å². The maximum absolute atomic E-state index is 12.9. The van der Waals surface area contributed by atoms with E-state index in [0.717, 1.165) is 28.3 Å². The van der Waals surface area contributed by atoms with E-state index in [9.17, 15) is 9.00 Å². The molecule has 0 spiro atoms. The lowest BCUT2D eigenvalue weighted by atomic mass is 10.1. The van der Waals surface area contributed by atoms with Gasteiger partial charge in [-0.25, -0.2) is 0 Å². The van der Waals surface area contributed by atoms with E-state index in [4.69, 9.17) is 9.47 Å². The number of nitrogens with zero attached hydrogens (tertiary/aromatic N) is 2. The molecule has 1 aliphatic heterocycles. The van der Waals surface area contributed by atoms with Gasteiger partial charge in [0, 0.05) is 29.4 Å². The zero-order chi connectivity index (χ0) is 20.4. The van der Waals surface area contributed by atoms with Crippen LogP contribution in [0.2, 0.25) is 0 Å². The number of aryl methyl sites for hydroxylation is 1. The van der Waals surface area contributed by atoms with Crippen molar-refractivity contribution in [3.05, 3.63) is 46.6 Å². The van der Waals surface area contributed by atoms with Crippen LogP contribution in [-0.2, 0) is 26.1 Å². The molecule has 2 unspecified atom stereocenters. The van der Waals surface area contributed by atoms with Crippen molar-refractivity contribution in [1.29, 1.82) is 0 Å². The van der Waals surface area contributed by atoms with Crippen LogP contribution in [0.3, 0.4) is 0 Å². The van der Waals surface area contributed by atoms with E-state index in [1.165, 1.54) is 0 Å². The SMILES string of the molecule is COc1c(C)cnc(CS(=O)C2=NC3CC(OC(=O)C(C)C)=CC=C3N2)c1C. The van der Waals surface area contributed by atoms with Crippen molar-refractivity contribution in [2.24, 2.45) is 10.9 Å². The first-order valence-corrected chi connectivity index (χ1v) is 10.5. The third-order valence-corrected chi connectivity index (χ3v) is 5.84. The first-order valence-electron chi connectivity index (χ1n) is 9.14. The summed E-state index contributed by atoms with van der Waals surface area (Å²) in [5, 5.41) is 3.55. The number of ether oxygens (including phenoxy) is 2. The van der Waals surface area contributed by atoms with Gasteiger partial charge in [-0.2, -0.15) is 0 Å². The van der Waals surface area contributed by atoms with Crippen LogP contribution in [-0.4, -0.2) is 33.5 Å². The summed E-state index contributed by atoms with van der Waals surface area (Å²) in [6.07, 6.45) is 5.78. The average Bonchev–Trinajstić information content (AvgIpc) is 3.08. The van der Waals surface area contributed by atoms with Crippen LogP contribution in [0.25, 0.3) is 0 Å². The molecular weight excluding hydrogens is 378 g/mol. The molecular formula is C20H25N3O4S. The molecule has 8 heteroatoms. The number of nitrogens with one attached hydrogen (secondary N) is 1. The van der Waals surface area contributed by atoms with Crippen molar-refractivity contribution in [1.82, 2.24) is 10.3 Å². The molecule has 28 heavy (non-hydrogen) atoms. The van der Waals surface area contributed by atoms with Crippen LogP contribution in [0.5, 0.6) is 5.75 Å². The molecule has 1 N–H and O–H groups in total. The van der Waals surface area contributed by atoms with Gasteiger partial charge >= 0.3 is 5.97 Å². The highest BCUT2D eigenvalue weighted by atomic mass is 32.2. The molecule has 0 amide bonds. The second kappa shape index (κ2) is 8.26. The summed E-state index contributed by atoms with van der Waals surface area (Å²) in [5.74, 6) is 1.13. The molecule has 0 saturated heterocycles. The maximum Gasteiger partial charge on any atom is 0.313 e. The molecule has 7 nitrogen and oxygen atoms in total. The molecule has 1 aromatic rings. The minimum Gasteiger partial charge on any atom is -0.496 e. The highest BCUT2D eigenvalue weighted by Crippen LogP contribution is 2.28. The summed E-state index contributed by atoms with van der Waals surface area (Å²) in [5.41, 5.74) is 3.41. The van der Waals surface area contributed by atoms with Gasteiger partial charge < -0.3 is 14.8 Å². The number of carbonyl (C=O) groups excluding carboxylic acids is 1. The van der Waals surface area contributed by atoms with Crippen molar-refractivity contribution in [2.75, 3.05) is 7.11 Å². The number of hydrogen-bond donors (Lipinski definition) is 1. The van der Waals surface area contributed by atoms with Crippen LogP contribution in [0.4, 0.5) is 0 Å². The Morgan fingerprint density at radius 2 is 2.11 bits per heavy atom. The van der Waals surface area contributed by atoms with Gasteiger partial charge in [-0.3, -0.25) is 19.0 Å². The Labute approximate surface area is 167 Å². The third-order valence-electron chi connectivity index (χ3n) is 4.66. The highest BCUT2D eigenvalue weighted by Gasteiger charge is 2.30. The fourth-order valence-corrected chi connectivity index (χ4v) is 4.20. The zero-order valence-corrected chi connectivity index (χ0v) is 17.6. The quantitative estimate of drug-likeness (QED) is 0.760. The summed E-state index contributed by atoms with van der Waals surface area (Å²) in [7, 11) is 0.247. The number of rotatable bonds is 5. The van der Waals surface area contributed by atoms with E-state index in [-0.39, 0.29) is 23.7 Å². The topological polar surface area (TPSA) is 89.9 Å². The van der Waals surface area contributed by atoms with Gasteiger partial charge in [0.05, 0.1) is 41.3 Å². The standard InChI is InChI=1S/C20H25N3O4S/c1-11(2)19(24)27-14-6-7-15-16(8-14)23-20(22-15)28(25)10-17-13(4)18(26-5)12(3)9-21-17/h6-7,9,11,16H,8,10H2,1-5H3,(H,22,23). The van der Waals surface area contributed by atoms with Crippen molar-refractivity contribution in [3.8, 4) is 5.75 Å². The van der Waals surface area contributed by atoms with Gasteiger partial charge in [0.15, 0.2) is 5.17 Å². The van der Waals surface area contributed by atoms with E-state index >= 15 is 0 Å². The lowest BCUT2D eigenvalue weighted by Crippen LogP contribution is -2.25. The van der Waals surface area contributed by atoms with E-state index < -0.39 is 10.8 Å². The molecule has 2 heterocycles. The van der Waals surface area contributed by atoms with E-state index in [0.29, 0.717) is 17.3 Å². The summed E-state index contributed by atoms with van der Waals surface area (Å²) in [6.45, 7) is 7.42. The Morgan fingerprint density at radius 1 is 1.36 bits per heavy atom. The molecule has 1 aliphatic carbocycles. The minimum absolute atomic E-state index is 0.193. The summed E-state index contributed by atoms with van der Waals surface area (Å²) < 4.78 is 23.7. The van der Waals surface area contributed by atoms with E-state index in [2.05, 4.69) is 15.3 Å². The Kier molecular flexibility index (Phi) is 5.98. The minimum atomic E-state index is -1.37. The molecule has 2 aliphatic rings. The maximum atomic E-state index is 12.9. The Morgan fingerprint density at radius 3 is 2.79 bits per heavy atom. The van der Waals surface area contributed by atoms with Crippen LogP contribution in [0.15, 0.2) is 34.8 Å². The molecule has 0 fully saturated rings. The van der Waals surface area contributed by atoms with E-state index in [1.54, 1.807) is 33.2 Å². The lowest BCUT2D eigenvalue weighted by Gasteiger charge is -2.17. The molecule has 0 aromatic carbocycles. The number of amidine groups is 1. The van der Waals surface area contributed by atoms with Crippen LogP contribution in [0.1, 0.15) is 37.1 Å². The first kappa shape index (κ1) is 20.3. The molecule has 2 atom stereocenters. The van der Waals surface area contributed by atoms with Crippen molar-refractivity contribution in [3.63, 3.8) is 0 Å². The monoisotopic (exact) mass is 403 g/mol. The predicted octanol–water partition coefficient (Wildman–Crippen LogP) is 2.65. The Hall–Kier alpha value is -2.48. The van der Waals surface area contributed by atoms with Gasteiger partial charge in [0.25, 0.3) is 0 Å². The average molecular weight is 404 g/mol. The molecule has 150 valence electrons. The number of allylic oxidation sites excluding steroid dienone is 2. The summed E-state index contributed by atoms with van der Waals surface area (Å²) in [4.78, 5) is 20.7. The van der Waals surface area contributed by atoms with Gasteiger partial charge in [-0.05, 0) is 26.0 Å². The number of pyridine rings is 1. The number of esters is 1. The van der Waals surface area contributed by atoms with Crippen LogP contribution < -0.4 is 10.1 Å². The van der Waals surface area contributed by atoms with Crippen LogP contribution in [0, 0.1) is 19.8 Å². The summed E-state index contributed by atoms with van der Waals surface area (Å²) >= 11 is 0. The molecule has 1 aromatic heterocycles. The lowest BCUT2D eigenvalue weighted by molar-refractivity contribution is -0.143. The molecule has 0 bridgehead atoms. The van der Waals surface area contributed by atoms with Crippen molar-refractivity contribution < 1.29 is 18.5 Å². The first-order chi connectivity index (χ1) is 13.3. The molecule has 3 rings (SSSR count). The van der Waals surface area contributed by atoms with E-state index in [1.807, 2.05) is 19.9 Å². The highest BCUT2D eigenvalue weighted by molar-refractivity contribution is 7.99. The smallest absolute Gasteiger partial charge is 0.313 e. The Bertz CT molecular complexity index is 918. The van der Waals surface area contributed by atoms with Gasteiger partial charge in [-0.1, -0.05) is 13.8 Å². The fraction of sp³-hybridized carbons (Fsp3) is 0.450. The second-order valence-electron chi connectivity index (χ2n) is 7.15. The second-order valence-corrected chi connectivity index (χ2v) is 8.51. The predicted molar refractivity (Wildman–Crippen MR) is 108 cm³/mol. The Balaban J connectivity index is 1.69. The number of carbonyl (C=O) groups is 1. The molecule has 0 saturated carbocycles. The molecule has 0 radical (unpaired) electrons. The van der Waals surface area contributed by atoms with Crippen LogP contribution >= 0.6 is 0 Å². The zero-order valence-electron chi connectivity index (χ0n) is 16.7. The normalized spacial score (nSPS) is 19.2. The number of fused-ring (bicyclic) bond motifs is 1. The largest absolute Gasteiger partial charge is 0.496 e.